The molecule has 1 rings (SSSR count). The van der Waals surface area contributed by atoms with Crippen molar-refractivity contribution in [1.82, 2.24) is 4.98 Å². The highest BCUT2D eigenvalue weighted by atomic mass is 16.5. The summed E-state index contributed by atoms with van der Waals surface area (Å²) in [5.74, 6) is -1.67. The highest BCUT2D eigenvalue weighted by Gasteiger charge is 2.18. The summed E-state index contributed by atoms with van der Waals surface area (Å²) in [7, 11) is 0. The van der Waals surface area contributed by atoms with Crippen molar-refractivity contribution in [3.8, 4) is 0 Å². The number of H-pyrrole nitrogens is 1. The third kappa shape index (κ3) is 2.07. The first-order valence-corrected chi connectivity index (χ1v) is 4.04. The molecular formula is C9H9NO4. The number of ketones is 1. The molecule has 1 heterocycles. The van der Waals surface area contributed by atoms with Gasteiger partial charge < -0.3 is 9.72 Å². The summed E-state index contributed by atoms with van der Waals surface area (Å²) in [5, 5.41) is 0. The first-order valence-electron chi connectivity index (χ1n) is 4.04. The van der Waals surface area contributed by atoms with Gasteiger partial charge in [0.15, 0.2) is 6.29 Å². The third-order valence-electron chi connectivity index (χ3n) is 1.56. The lowest BCUT2D eigenvalue weighted by molar-refractivity contribution is -0.137. The molecule has 0 bridgehead atoms. The van der Waals surface area contributed by atoms with Gasteiger partial charge in [-0.1, -0.05) is 0 Å². The lowest BCUT2D eigenvalue weighted by Crippen LogP contribution is -2.16. The van der Waals surface area contributed by atoms with Gasteiger partial charge in [-0.2, -0.15) is 0 Å². The molecule has 5 nitrogen and oxygen atoms in total. The van der Waals surface area contributed by atoms with Gasteiger partial charge in [0.25, 0.3) is 5.78 Å². The zero-order chi connectivity index (χ0) is 10.6. The Hall–Kier alpha value is -1.91. The predicted octanol–water partition coefficient (Wildman–Crippen LogP) is 0.573. The lowest BCUT2D eigenvalue weighted by atomic mass is 10.2. The largest absolute Gasteiger partial charge is 0.460 e. The molecule has 0 aliphatic carbocycles. The molecule has 0 aliphatic heterocycles. The van der Waals surface area contributed by atoms with Gasteiger partial charge in [0, 0.05) is 11.8 Å². The molecule has 5 heteroatoms. The average Bonchev–Trinajstić information content (AvgIpc) is 2.65. The monoisotopic (exact) mass is 195 g/mol. The van der Waals surface area contributed by atoms with Crippen molar-refractivity contribution in [2.24, 2.45) is 0 Å². The van der Waals surface area contributed by atoms with Crippen molar-refractivity contribution in [1.29, 1.82) is 0 Å². The Balaban J connectivity index is 2.78. The second-order valence-corrected chi connectivity index (χ2v) is 2.51. The fourth-order valence-corrected chi connectivity index (χ4v) is 0.926. The van der Waals surface area contributed by atoms with Crippen LogP contribution in [0.25, 0.3) is 0 Å². The highest BCUT2D eigenvalue weighted by Crippen LogP contribution is 2.03. The van der Waals surface area contributed by atoms with Crippen LogP contribution in [0.1, 0.15) is 27.8 Å². The SMILES string of the molecule is CCOC(=O)C(=O)c1c[nH]c(C=O)c1. The van der Waals surface area contributed by atoms with Crippen LogP contribution in [-0.4, -0.2) is 29.6 Å². The van der Waals surface area contributed by atoms with Gasteiger partial charge in [-0.15, -0.1) is 0 Å². The van der Waals surface area contributed by atoms with Gasteiger partial charge in [0.05, 0.1) is 12.3 Å². The Morgan fingerprint density at radius 2 is 2.29 bits per heavy atom. The molecule has 0 saturated heterocycles. The van der Waals surface area contributed by atoms with Crippen LogP contribution in [0.3, 0.4) is 0 Å². The Morgan fingerprint density at radius 3 is 2.79 bits per heavy atom. The number of aromatic nitrogens is 1. The average molecular weight is 195 g/mol. The lowest BCUT2D eigenvalue weighted by Gasteiger charge is -1.97. The topological polar surface area (TPSA) is 76.2 Å². The summed E-state index contributed by atoms with van der Waals surface area (Å²) in [6.45, 7) is 1.76. The second kappa shape index (κ2) is 4.36. The number of aldehydes is 1. The summed E-state index contributed by atoms with van der Waals surface area (Å²) >= 11 is 0. The molecule has 0 atom stereocenters. The van der Waals surface area contributed by atoms with E-state index in [0.717, 1.165) is 0 Å². The molecule has 0 radical (unpaired) electrons. The van der Waals surface area contributed by atoms with E-state index in [4.69, 9.17) is 0 Å². The van der Waals surface area contributed by atoms with Crippen molar-refractivity contribution in [2.75, 3.05) is 6.61 Å². The van der Waals surface area contributed by atoms with Crippen LogP contribution in [-0.2, 0) is 9.53 Å². The van der Waals surface area contributed by atoms with E-state index in [-0.39, 0.29) is 17.9 Å². The molecule has 0 unspecified atom stereocenters. The van der Waals surface area contributed by atoms with Crippen molar-refractivity contribution >= 4 is 18.0 Å². The van der Waals surface area contributed by atoms with E-state index in [1.165, 1.54) is 12.3 Å². The van der Waals surface area contributed by atoms with Crippen molar-refractivity contribution in [2.45, 2.75) is 6.92 Å². The fourth-order valence-electron chi connectivity index (χ4n) is 0.926. The van der Waals surface area contributed by atoms with Gasteiger partial charge in [-0.25, -0.2) is 4.79 Å². The Kier molecular flexibility index (Phi) is 3.17. The maximum atomic E-state index is 11.3. The van der Waals surface area contributed by atoms with Gasteiger partial charge >= 0.3 is 5.97 Å². The van der Waals surface area contributed by atoms with E-state index in [1.54, 1.807) is 6.92 Å². The van der Waals surface area contributed by atoms with Crippen LogP contribution in [0.2, 0.25) is 0 Å². The first-order chi connectivity index (χ1) is 6.69. The summed E-state index contributed by atoms with van der Waals surface area (Å²) in [6.07, 6.45) is 1.85. The van der Waals surface area contributed by atoms with E-state index in [9.17, 15) is 14.4 Å². The van der Waals surface area contributed by atoms with E-state index >= 15 is 0 Å². The first kappa shape index (κ1) is 10.2. The van der Waals surface area contributed by atoms with Crippen molar-refractivity contribution in [3.63, 3.8) is 0 Å². The summed E-state index contributed by atoms with van der Waals surface area (Å²) in [6, 6.07) is 1.30. The van der Waals surface area contributed by atoms with Crippen LogP contribution in [0.15, 0.2) is 12.3 Å². The Morgan fingerprint density at radius 1 is 1.57 bits per heavy atom. The molecule has 0 fully saturated rings. The summed E-state index contributed by atoms with van der Waals surface area (Å²) < 4.78 is 4.51. The van der Waals surface area contributed by atoms with Gasteiger partial charge in [-0.05, 0) is 13.0 Å². The number of carbonyl (C=O) groups is 3. The van der Waals surface area contributed by atoms with Crippen LogP contribution in [0, 0.1) is 0 Å². The molecule has 0 aliphatic rings. The minimum atomic E-state index is -0.913. The number of Topliss-reactive ketones (excluding diaryl/α,β-unsaturated/α-hetero) is 1. The number of nitrogens with one attached hydrogen (secondary N) is 1. The van der Waals surface area contributed by atoms with E-state index < -0.39 is 11.8 Å². The van der Waals surface area contributed by atoms with Crippen LogP contribution in [0.4, 0.5) is 0 Å². The quantitative estimate of drug-likeness (QED) is 0.330. The molecule has 0 amide bonds. The molecule has 0 saturated carbocycles. The summed E-state index contributed by atoms with van der Waals surface area (Å²) in [4.78, 5) is 35.0. The third-order valence-corrected chi connectivity index (χ3v) is 1.56. The Labute approximate surface area is 80.1 Å². The Bertz CT molecular complexity index is 367. The van der Waals surface area contributed by atoms with E-state index in [2.05, 4.69) is 9.72 Å². The number of ether oxygens (including phenoxy) is 1. The van der Waals surface area contributed by atoms with Crippen LogP contribution in [0.5, 0.6) is 0 Å². The number of hydrogen-bond acceptors (Lipinski definition) is 4. The van der Waals surface area contributed by atoms with Gasteiger partial charge in [-0.3, -0.25) is 9.59 Å². The van der Waals surface area contributed by atoms with Gasteiger partial charge in [0.2, 0.25) is 0 Å². The van der Waals surface area contributed by atoms with Crippen LogP contribution < -0.4 is 0 Å². The molecule has 0 spiro atoms. The van der Waals surface area contributed by atoms with E-state index in [0.29, 0.717) is 6.29 Å². The number of aromatic amines is 1. The summed E-state index contributed by atoms with van der Waals surface area (Å²) in [5.41, 5.74) is 0.378. The van der Waals surface area contributed by atoms with Crippen LogP contribution >= 0.6 is 0 Å². The number of carbonyl (C=O) groups excluding carboxylic acids is 3. The molecule has 1 aromatic rings. The molecule has 1 N–H and O–H groups in total. The molecule has 74 valence electrons. The zero-order valence-corrected chi connectivity index (χ0v) is 7.57. The minimum Gasteiger partial charge on any atom is -0.460 e. The maximum absolute atomic E-state index is 11.3. The number of rotatable bonds is 4. The minimum absolute atomic E-state index is 0.130. The second-order valence-electron chi connectivity index (χ2n) is 2.51. The number of esters is 1. The van der Waals surface area contributed by atoms with Crippen molar-refractivity contribution < 1.29 is 19.1 Å². The van der Waals surface area contributed by atoms with Crippen molar-refractivity contribution in [3.05, 3.63) is 23.5 Å². The fraction of sp³-hybridized carbons (Fsp3) is 0.222. The normalized spacial score (nSPS) is 9.50. The standard InChI is InChI=1S/C9H9NO4/c1-2-14-9(13)8(12)6-3-7(5-11)10-4-6/h3-5,10H,2H2,1H3. The number of hydrogen-bond donors (Lipinski definition) is 1. The molecule has 0 aromatic carbocycles. The maximum Gasteiger partial charge on any atom is 0.379 e. The smallest absolute Gasteiger partial charge is 0.379 e. The zero-order valence-electron chi connectivity index (χ0n) is 7.57. The highest BCUT2D eigenvalue weighted by molar-refractivity contribution is 6.40. The molecule has 14 heavy (non-hydrogen) atoms. The molecule has 1 aromatic heterocycles. The van der Waals surface area contributed by atoms with E-state index in [1.807, 2.05) is 0 Å². The van der Waals surface area contributed by atoms with Gasteiger partial charge in [0.1, 0.15) is 0 Å². The molecular weight excluding hydrogens is 186 g/mol. The predicted molar refractivity (Wildman–Crippen MR) is 47.1 cm³/mol.